The van der Waals surface area contributed by atoms with Gasteiger partial charge in [-0.1, -0.05) is 34.6 Å². The van der Waals surface area contributed by atoms with Crippen LogP contribution in [0.1, 0.15) is 52.3 Å². The molecule has 2 N–H and O–H groups in total. The Morgan fingerprint density at radius 1 is 1.17 bits per heavy atom. The molecule has 1 aromatic heterocycles. The van der Waals surface area contributed by atoms with Gasteiger partial charge in [0.2, 0.25) is 0 Å². The Hall–Kier alpha value is -1.97. The second-order valence-electron chi connectivity index (χ2n) is 7.42. The third-order valence-corrected chi connectivity index (χ3v) is 3.73. The predicted molar refractivity (Wildman–Crippen MR) is 96.0 cm³/mol. The number of anilines is 1. The van der Waals surface area contributed by atoms with Crippen LogP contribution < -0.4 is 10.1 Å². The van der Waals surface area contributed by atoms with E-state index in [0.29, 0.717) is 5.92 Å². The first-order chi connectivity index (χ1) is 10.9. The molecule has 0 amide bonds. The lowest BCUT2D eigenvalue weighted by atomic mass is 9.89. The van der Waals surface area contributed by atoms with E-state index in [-0.39, 0.29) is 5.41 Å². The standard InChI is InChI=1S/C19H29N3O/c1-14(2)10-11-23-17-8-6-16(7-9-17)20-12-15-13-21-22-18(15)19(3,4)5/h6-9,13-14,20H,10-12H2,1-5H3,(H,21,22). The van der Waals surface area contributed by atoms with E-state index in [2.05, 4.69) is 62.3 Å². The highest BCUT2D eigenvalue weighted by Crippen LogP contribution is 2.24. The number of H-pyrrole nitrogens is 1. The van der Waals surface area contributed by atoms with Crippen LogP contribution in [0.5, 0.6) is 5.75 Å². The number of hydrogen-bond acceptors (Lipinski definition) is 3. The van der Waals surface area contributed by atoms with Crippen LogP contribution in [0, 0.1) is 5.92 Å². The van der Waals surface area contributed by atoms with Crippen LogP contribution in [-0.2, 0) is 12.0 Å². The minimum Gasteiger partial charge on any atom is -0.494 e. The Morgan fingerprint density at radius 2 is 1.87 bits per heavy atom. The predicted octanol–water partition coefficient (Wildman–Crippen LogP) is 4.74. The number of benzene rings is 1. The second kappa shape index (κ2) is 7.53. The lowest BCUT2D eigenvalue weighted by molar-refractivity contribution is 0.289. The van der Waals surface area contributed by atoms with Gasteiger partial charge in [0.05, 0.1) is 12.3 Å². The molecule has 2 aromatic rings. The zero-order chi connectivity index (χ0) is 16.9. The van der Waals surface area contributed by atoms with Crippen LogP contribution in [0.2, 0.25) is 0 Å². The van der Waals surface area contributed by atoms with E-state index in [9.17, 15) is 0 Å². The van der Waals surface area contributed by atoms with Crippen molar-refractivity contribution in [3.05, 3.63) is 41.7 Å². The number of ether oxygens (including phenoxy) is 1. The largest absolute Gasteiger partial charge is 0.494 e. The maximum atomic E-state index is 5.74. The summed E-state index contributed by atoms with van der Waals surface area (Å²) in [7, 11) is 0. The first-order valence-electron chi connectivity index (χ1n) is 8.36. The highest BCUT2D eigenvalue weighted by molar-refractivity contribution is 5.47. The maximum absolute atomic E-state index is 5.74. The van der Waals surface area contributed by atoms with E-state index in [1.807, 2.05) is 18.3 Å². The Kier molecular flexibility index (Phi) is 5.69. The summed E-state index contributed by atoms with van der Waals surface area (Å²) >= 11 is 0. The Bertz CT molecular complexity index is 594. The molecule has 4 heteroatoms. The molecule has 0 atom stereocenters. The van der Waals surface area contributed by atoms with Crippen LogP contribution in [-0.4, -0.2) is 16.8 Å². The third kappa shape index (κ3) is 5.31. The molecule has 0 fully saturated rings. The molecule has 1 heterocycles. The highest BCUT2D eigenvalue weighted by Gasteiger charge is 2.20. The van der Waals surface area contributed by atoms with Crippen molar-refractivity contribution in [2.45, 2.75) is 53.0 Å². The topological polar surface area (TPSA) is 49.9 Å². The number of nitrogens with one attached hydrogen (secondary N) is 2. The van der Waals surface area contributed by atoms with Crippen LogP contribution in [0.25, 0.3) is 0 Å². The average Bonchev–Trinajstić information content (AvgIpc) is 2.95. The molecule has 1 aromatic carbocycles. The van der Waals surface area contributed by atoms with Crippen LogP contribution in [0.4, 0.5) is 5.69 Å². The van der Waals surface area contributed by atoms with Crippen molar-refractivity contribution in [1.82, 2.24) is 10.2 Å². The molecule has 4 nitrogen and oxygen atoms in total. The summed E-state index contributed by atoms with van der Waals surface area (Å²) in [6, 6.07) is 8.15. The van der Waals surface area contributed by atoms with Gasteiger partial charge in [0, 0.05) is 29.4 Å². The summed E-state index contributed by atoms with van der Waals surface area (Å²) in [5, 5.41) is 10.8. The fraction of sp³-hybridized carbons (Fsp3) is 0.526. The summed E-state index contributed by atoms with van der Waals surface area (Å²) < 4.78 is 5.74. The minimum atomic E-state index is 0.0468. The number of hydrogen-bond donors (Lipinski definition) is 2. The Balaban J connectivity index is 1.88. The van der Waals surface area contributed by atoms with Gasteiger partial charge in [-0.15, -0.1) is 0 Å². The van der Waals surface area contributed by atoms with Gasteiger partial charge in [0.15, 0.2) is 0 Å². The minimum absolute atomic E-state index is 0.0468. The van der Waals surface area contributed by atoms with Crippen LogP contribution in [0.3, 0.4) is 0 Å². The highest BCUT2D eigenvalue weighted by atomic mass is 16.5. The van der Waals surface area contributed by atoms with Crippen molar-refractivity contribution in [1.29, 1.82) is 0 Å². The number of aromatic nitrogens is 2. The van der Waals surface area contributed by atoms with Gasteiger partial charge in [0.25, 0.3) is 0 Å². The van der Waals surface area contributed by atoms with Gasteiger partial charge in [-0.3, -0.25) is 5.10 Å². The van der Waals surface area contributed by atoms with Gasteiger partial charge in [-0.25, -0.2) is 0 Å². The average molecular weight is 315 g/mol. The molecule has 0 unspecified atom stereocenters. The molecule has 23 heavy (non-hydrogen) atoms. The molecule has 0 aliphatic heterocycles. The summed E-state index contributed by atoms with van der Waals surface area (Å²) in [5.74, 6) is 1.60. The van der Waals surface area contributed by atoms with Crippen LogP contribution in [0.15, 0.2) is 30.5 Å². The zero-order valence-corrected chi connectivity index (χ0v) is 14.9. The molecular formula is C19H29N3O. The van der Waals surface area contributed by atoms with Crippen molar-refractivity contribution in [3.63, 3.8) is 0 Å². The van der Waals surface area contributed by atoms with Crippen molar-refractivity contribution in [2.24, 2.45) is 5.92 Å². The van der Waals surface area contributed by atoms with Crippen molar-refractivity contribution in [3.8, 4) is 5.75 Å². The zero-order valence-electron chi connectivity index (χ0n) is 14.9. The van der Waals surface area contributed by atoms with Crippen molar-refractivity contribution >= 4 is 5.69 Å². The molecule has 0 spiro atoms. The molecule has 0 aliphatic rings. The summed E-state index contributed by atoms with van der Waals surface area (Å²) in [5.41, 5.74) is 3.45. The SMILES string of the molecule is CC(C)CCOc1ccc(NCc2c[nH]nc2C(C)(C)C)cc1. The first kappa shape index (κ1) is 17.4. The molecule has 0 bridgehead atoms. The van der Waals surface area contributed by atoms with E-state index in [0.717, 1.165) is 36.7 Å². The van der Waals surface area contributed by atoms with Gasteiger partial charge in [0.1, 0.15) is 5.75 Å². The molecule has 126 valence electrons. The van der Waals surface area contributed by atoms with Crippen LogP contribution >= 0.6 is 0 Å². The number of rotatable bonds is 7. The lowest BCUT2D eigenvalue weighted by Gasteiger charge is -2.18. The van der Waals surface area contributed by atoms with E-state index < -0.39 is 0 Å². The van der Waals surface area contributed by atoms with E-state index >= 15 is 0 Å². The van der Waals surface area contributed by atoms with Gasteiger partial charge in [-0.05, 0) is 36.6 Å². The monoisotopic (exact) mass is 315 g/mol. The maximum Gasteiger partial charge on any atom is 0.119 e. The molecule has 2 rings (SSSR count). The van der Waals surface area contributed by atoms with E-state index in [1.165, 1.54) is 5.56 Å². The number of aromatic amines is 1. The normalized spacial score (nSPS) is 11.7. The molecule has 0 radical (unpaired) electrons. The molecule has 0 saturated heterocycles. The van der Waals surface area contributed by atoms with Gasteiger partial charge in [-0.2, -0.15) is 5.10 Å². The van der Waals surface area contributed by atoms with Gasteiger partial charge >= 0.3 is 0 Å². The smallest absolute Gasteiger partial charge is 0.119 e. The lowest BCUT2D eigenvalue weighted by Crippen LogP contribution is -2.15. The molecule has 0 aliphatic carbocycles. The number of nitrogens with zero attached hydrogens (tertiary/aromatic N) is 1. The van der Waals surface area contributed by atoms with Crippen molar-refractivity contribution < 1.29 is 4.74 Å². The quantitative estimate of drug-likeness (QED) is 0.775. The summed E-state index contributed by atoms with van der Waals surface area (Å²) in [6.07, 6.45) is 3.05. The second-order valence-corrected chi connectivity index (χ2v) is 7.42. The third-order valence-electron chi connectivity index (χ3n) is 3.73. The van der Waals surface area contributed by atoms with Gasteiger partial charge < -0.3 is 10.1 Å². The van der Waals surface area contributed by atoms with Crippen molar-refractivity contribution in [2.75, 3.05) is 11.9 Å². The Morgan fingerprint density at radius 3 is 2.48 bits per heavy atom. The molecular weight excluding hydrogens is 286 g/mol. The summed E-state index contributed by atoms with van der Waals surface area (Å²) in [6.45, 7) is 12.5. The Labute approximate surface area is 139 Å². The fourth-order valence-electron chi connectivity index (χ4n) is 2.38. The molecule has 0 saturated carbocycles. The fourth-order valence-corrected chi connectivity index (χ4v) is 2.38. The van der Waals surface area contributed by atoms with E-state index in [1.54, 1.807) is 0 Å². The first-order valence-corrected chi connectivity index (χ1v) is 8.36. The van der Waals surface area contributed by atoms with E-state index in [4.69, 9.17) is 4.74 Å². The summed E-state index contributed by atoms with van der Waals surface area (Å²) in [4.78, 5) is 0.